The predicted molar refractivity (Wildman–Crippen MR) is 95.8 cm³/mol. The van der Waals surface area contributed by atoms with Gasteiger partial charge in [0.1, 0.15) is 10.8 Å². The maximum atomic E-state index is 12.3. The number of carbonyl (C=O) groups excluding carboxylic acids is 1. The summed E-state index contributed by atoms with van der Waals surface area (Å²) in [5, 5.41) is 12.0. The molecule has 0 unspecified atom stereocenters. The zero-order valence-corrected chi connectivity index (χ0v) is 16.7. The van der Waals surface area contributed by atoms with Crippen LogP contribution in [0.2, 0.25) is 5.15 Å². The van der Waals surface area contributed by atoms with Crippen molar-refractivity contribution in [3.05, 3.63) is 28.5 Å². The Kier molecular flexibility index (Phi) is 6.14. The summed E-state index contributed by atoms with van der Waals surface area (Å²) < 4.78 is 11.2. The molecule has 1 aromatic heterocycles. The van der Waals surface area contributed by atoms with E-state index >= 15 is 0 Å². The molecule has 0 saturated carbocycles. The molecule has 1 aliphatic rings. The van der Waals surface area contributed by atoms with Gasteiger partial charge in [0.15, 0.2) is 0 Å². The number of nitrogens with one attached hydrogen (secondary N) is 1. The molecule has 0 saturated heterocycles. The van der Waals surface area contributed by atoms with Gasteiger partial charge in [-0.3, -0.25) is 0 Å². The van der Waals surface area contributed by atoms with Gasteiger partial charge in [0, 0.05) is 5.69 Å². The molecule has 3 atom stereocenters. The number of aliphatic hydroxyl groups is 1. The number of halogens is 1. The monoisotopic (exact) mass is 383 g/mol. The molecule has 1 heterocycles. The lowest BCUT2D eigenvalue weighted by Gasteiger charge is -2.35. The van der Waals surface area contributed by atoms with Gasteiger partial charge in [-0.05, 0) is 52.2 Å². The summed E-state index contributed by atoms with van der Waals surface area (Å²) in [7, 11) is 3.20. The van der Waals surface area contributed by atoms with E-state index in [9.17, 15) is 9.90 Å². The number of ether oxygens (including phenoxy) is 2. The van der Waals surface area contributed by atoms with E-state index < -0.39 is 23.0 Å². The summed E-state index contributed by atoms with van der Waals surface area (Å²) in [5.74, 6) is 0. The molecule has 2 rings (SSSR count). The third-order valence-corrected chi connectivity index (χ3v) is 3.95. The molecule has 6 nitrogen and oxygen atoms in total. The molecule has 0 aromatic carbocycles. The highest BCUT2D eigenvalue weighted by Crippen LogP contribution is 2.32. The molecule has 0 spiro atoms. The normalized spacial score (nSPS) is 22.7. The van der Waals surface area contributed by atoms with E-state index in [2.05, 4.69) is 20.5 Å². The number of rotatable bonds is 4. The van der Waals surface area contributed by atoms with Crippen LogP contribution in [-0.2, 0) is 15.9 Å². The van der Waals surface area contributed by atoms with Crippen molar-refractivity contribution < 1.29 is 19.4 Å². The number of fused-ring (bicyclic) bond motifs is 1. The number of carbonyl (C=O) groups is 1. The highest BCUT2D eigenvalue weighted by molar-refractivity contribution is 6.29. The standard InChI is InChI=1S/C17H24ClN2O4Si/c1-16(2,3)24-15(21)20-14-10-5-8-13(18)19-11(10)6-7-12(14)23-9-17(4,22)25/h5,8,12,14,22H,6-7,9H2,1-4H3,(H,20,21)/t12-,14+,17-/m0/s1. The van der Waals surface area contributed by atoms with E-state index in [0.717, 1.165) is 11.3 Å². The lowest BCUT2D eigenvalue weighted by Crippen LogP contribution is -2.45. The van der Waals surface area contributed by atoms with E-state index in [1.54, 1.807) is 33.8 Å². The number of pyridine rings is 1. The molecular weight excluding hydrogens is 360 g/mol. The van der Waals surface area contributed by atoms with Gasteiger partial charge >= 0.3 is 6.09 Å². The van der Waals surface area contributed by atoms with Crippen molar-refractivity contribution in [1.82, 2.24) is 10.3 Å². The molecule has 137 valence electrons. The molecule has 3 radical (unpaired) electrons. The zero-order valence-electron chi connectivity index (χ0n) is 14.9. The number of alkyl carbamates (subject to hydrolysis) is 1. The lowest BCUT2D eigenvalue weighted by atomic mass is 9.88. The molecule has 1 aliphatic carbocycles. The highest BCUT2D eigenvalue weighted by atomic mass is 35.5. The topological polar surface area (TPSA) is 80.7 Å². The Morgan fingerprint density at radius 3 is 2.72 bits per heavy atom. The van der Waals surface area contributed by atoms with Crippen LogP contribution in [0.5, 0.6) is 0 Å². The van der Waals surface area contributed by atoms with Crippen LogP contribution in [0, 0.1) is 0 Å². The van der Waals surface area contributed by atoms with Crippen molar-refractivity contribution in [1.29, 1.82) is 0 Å². The van der Waals surface area contributed by atoms with Gasteiger partial charge in [0.25, 0.3) is 0 Å². The highest BCUT2D eigenvalue weighted by Gasteiger charge is 2.34. The summed E-state index contributed by atoms with van der Waals surface area (Å²) in [6.45, 7) is 7.09. The number of amides is 1. The molecule has 8 heteroatoms. The van der Waals surface area contributed by atoms with E-state index in [4.69, 9.17) is 21.1 Å². The molecule has 0 aliphatic heterocycles. The first kappa shape index (κ1) is 20.2. The van der Waals surface area contributed by atoms with Gasteiger partial charge in [-0.1, -0.05) is 17.7 Å². The smallest absolute Gasteiger partial charge is 0.408 e. The van der Waals surface area contributed by atoms with Gasteiger partial charge in [-0.15, -0.1) is 0 Å². The van der Waals surface area contributed by atoms with Gasteiger partial charge in [-0.25, -0.2) is 9.78 Å². The molecular formula is C17H24ClN2O4Si. The number of hydrogen-bond donors (Lipinski definition) is 2. The first-order chi connectivity index (χ1) is 11.4. The number of hydrogen-bond acceptors (Lipinski definition) is 5. The lowest BCUT2D eigenvalue weighted by molar-refractivity contribution is -0.0437. The van der Waals surface area contributed by atoms with Gasteiger partial charge < -0.3 is 19.9 Å². The summed E-state index contributed by atoms with van der Waals surface area (Å²) in [5.41, 5.74) is 1.08. The summed E-state index contributed by atoms with van der Waals surface area (Å²) in [6, 6.07) is 3.10. The fourth-order valence-electron chi connectivity index (χ4n) is 2.67. The Morgan fingerprint density at radius 1 is 1.44 bits per heavy atom. The average Bonchev–Trinajstić information content (AvgIpc) is 2.43. The zero-order chi connectivity index (χ0) is 18.8. The van der Waals surface area contributed by atoms with Crippen molar-refractivity contribution >= 4 is 27.9 Å². The van der Waals surface area contributed by atoms with Crippen molar-refractivity contribution in [2.24, 2.45) is 0 Å². The minimum Gasteiger partial charge on any atom is -0.444 e. The second-order valence-corrected chi connectivity index (χ2v) is 8.92. The second kappa shape index (κ2) is 7.61. The second-order valence-electron chi connectivity index (χ2n) is 7.46. The number of aryl methyl sites for hydroxylation is 1. The molecule has 0 fully saturated rings. The minimum absolute atomic E-state index is 0.0808. The first-order valence-corrected chi connectivity index (χ1v) is 9.06. The Balaban J connectivity index is 2.21. The third-order valence-electron chi connectivity index (χ3n) is 3.60. The Labute approximate surface area is 156 Å². The molecule has 1 aromatic rings. The van der Waals surface area contributed by atoms with E-state index in [0.29, 0.717) is 18.0 Å². The van der Waals surface area contributed by atoms with Crippen LogP contribution in [0.15, 0.2) is 12.1 Å². The fraction of sp³-hybridized carbons (Fsp3) is 0.647. The van der Waals surface area contributed by atoms with Gasteiger partial charge in [0.05, 0.1) is 34.2 Å². The SMILES string of the molecule is CC(C)(C)OC(=O)N[C@@H]1c2ccc(Cl)nc2CC[C@@H]1OC[C@@](C)(O)[Si]. The maximum Gasteiger partial charge on any atom is 0.408 e. The van der Waals surface area contributed by atoms with Crippen LogP contribution < -0.4 is 5.32 Å². The van der Waals surface area contributed by atoms with E-state index in [1.165, 1.54) is 0 Å². The largest absolute Gasteiger partial charge is 0.444 e. The summed E-state index contributed by atoms with van der Waals surface area (Å²) in [6.07, 6.45) is 0.477. The number of aromatic nitrogens is 1. The Bertz CT molecular complexity index is 628. The summed E-state index contributed by atoms with van der Waals surface area (Å²) in [4.78, 5) is 16.6. The molecule has 25 heavy (non-hydrogen) atoms. The third kappa shape index (κ3) is 6.25. The van der Waals surface area contributed by atoms with E-state index in [1.807, 2.05) is 6.07 Å². The maximum absolute atomic E-state index is 12.3. The van der Waals surface area contributed by atoms with Gasteiger partial charge in [-0.2, -0.15) is 0 Å². The molecule has 1 amide bonds. The van der Waals surface area contributed by atoms with Crippen molar-refractivity contribution in [3.8, 4) is 0 Å². The first-order valence-electron chi connectivity index (χ1n) is 8.18. The van der Waals surface area contributed by atoms with Crippen LogP contribution in [0.4, 0.5) is 4.79 Å². The fourth-order valence-corrected chi connectivity index (χ4v) is 2.92. The van der Waals surface area contributed by atoms with Gasteiger partial charge in [0.2, 0.25) is 0 Å². The van der Waals surface area contributed by atoms with E-state index in [-0.39, 0.29) is 12.7 Å². The minimum atomic E-state index is -1.14. The van der Waals surface area contributed by atoms with Crippen molar-refractivity contribution in [2.45, 2.75) is 63.5 Å². The van der Waals surface area contributed by atoms with Crippen LogP contribution in [-0.4, -0.2) is 50.0 Å². The van der Waals surface area contributed by atoms with Crippen LogP contribution in [0.25, 0.3) is 0 Å². The van der Waals surface area contributed by atoms with Crippen molar-refractivity contribution in [2.75, 3.05) is 6.61 Å². The molecule has 0 bridgehead atoms. The van der Waals surface area contributed by atoms with Crippen LogP contribution in [0.3, 0.4) is 0 Å². The number of nitrogens with zero attached hydrogens (tertiary/aromatic N) is 1. The van der Waals surface area contributed by atoms with Crippen molar-refractivity contribution in [3.63, 3.8) is 0 Å². The summed E-state index contributed by atoms with van der Waals surface area (Å²) >= 11 is 5.98. The molecule has 2 N–H and O–H groups in total. The van der Waals surface area contributed by atoms with Crippen LogP contribution >= 0.6 is 11.6 Å². The van der Waals surface area contributed by atoms with Crippen LogP contribution in [0.1, 0.15) is 51.4 Å². The predicted octanol–water partition coefficient (Wildman–Crippen LogP) is 2.51. The Hall–Kier alpha value is -1.15. The quantitative estimate of drug-likeness (QED) is 0.616. The Morgan fingerprint density at radius 2 is 2.12 bits per heavy atom. The average molecular weight is 384 g/mol.